The summed E-state index contributed by atoms with van der Waals surface area (Å²) in [5.41, 5.74) is 0.265. The third kappa shape index (κ3) is 5.31. The summed E-state index contributed by atoms with van der Waals surface area (Å²) in [4.78, 5) is 7.17. The van der Waals surface area contributed by atoms with Crippen molar-refractivity contribution in [1.82, 2.24) is 20.1 Å². The number of H-pyrrole nitrogens is 1. The Hall–Kier alpha value is -0.900. The second-order valence-electron chi connectivity index (χ2n) is 6.94. The summed E-state index contributed by atoms with van der Waals surface area (Å²) in [6.45, 7) is 10.3. The molecule has 0 aromatic carbocycles. The molecule has 0 aliphatic carbocycles. The summed E-state index contributed by atoms with van der Waals surface area (Å²) in [6.07, 6.45) is 7.43. The Morgan fingerprint density at radius 2 is 1.79 bits per heavy atom. The average molecular weight is 264 g/mol. The number of aromatic nitrogens is 3. The van der Waals surface area contributed by atoms with Gasteiger partial charge in [0.25, 0.3) is 0 Å². The molecule has 0 radical (unpaired) electrons. The Bertz CT molecular complexity index is 370. The Labute approximate surface area is 117 Å². The maximum Gasteiger partial charge on any atom is 0.151 e. The van der Waals surface area contributed by atoms with Gasteiger partial charge in [0.05, 0.1) is 0 Å². The van der Waals surface area contributed by atoms with Crippen LogP contribution in [-0.4, -0.2) is 39.7 Å². The molecule has 1 aromatic heterocycles. The van der Waals surface area contributed by atoms with Gasteiger partial charge in [0.2, 0.25) is 0 Å². The van der Waals surface area contributed by atoms with Crippen LogP contribution in [0.3, 0.4) is 0 Å². The maximum atomic E-state index is 4.61. The van der Waals surface area contributed by atoms with Crippen molar-refractivity contribution in [3.63, 3.8) is 0 Å². The monoisotopic (exact) mass is 264 g/mol. The first-order chi connectivity index (χ1) is 9.03. The highest BCUT2D eigenvalue weighted by atomic mass is 15.2. The Morgan fingerprint density at radius 1 is 1.11 bits per heavy atom. The van der Waals surface area contributed by atoms with Crippen LogP contribution in [0.1, 0.15) is 58.1 Å². The van der Waals surface area contributed by atoms with Crippen LogP contribution in [0.4, 0.5) is 0 Å². The van der Waals surface area contributed by atoms with E-state index in [-0.39, 0.29) is 5.41 Å². The second-order valence-corrected chi connectivity index (χ2v) is 6.94. The molecule has 1 fully saturated rings. The van der Waals surface area contributed by atoms with E-state index >= 15 is 0 Å². The molecule has 1 aliphatic heterocycles. The predicted molar refractivity (Wildman–Crippen MR) is 78.2 cm³/mol. The number of hydrogen-bond donors (Lipinski definition) is 1. The molecule has 1 N–H and O–H groups in total. The summed E-state index contributed by atoms with van der Waals surface area (Å²) in [6, 6.07) is 0. The standard InChI is InChI=1S/C15H28N4/c1-15(2,3)12-14-16-13(17-18-14)8-11-19-9-6-4-5-7-10-19/h4-12H2,1-3H3,(H,16,17,18). The van der Waals surface area contributed by atoms with Crippen molar-refractivity contribution in [2.45, 2.75) is 59.3 Å². The van der Waals surface area contributed by atoms with Crippen molar-refractivity contribution >= 4 is 0 Å². The van der Waals surface area contributed by atoms with E-state index in [1.165, 1.54) is 38.8 Å². The molecule has 1 aromatic rings. The quantitative estimate of drug-likeness (QED) is 0.909. The summed E-state index contributed by atoms with van der Waals surface area (Å²) in [5, 5.41) is 7.43. The molecule has 19 heavy (non-hydrogen) atoms. The van der Waals surface area contributed by atoms with Gasteiger partial charge in [-0.1, -0.05) is 33.6 Å². The van der Waals surface area contributed by atoms with Crippen LogP contribution in [-0.2, 0) is 12.8 Å². The minimum atomic E-state index is 0.265. The van der Waals surface area contributed by atoms with Crippen molar-refractivity contribution in [1.29, 1.82) is 0 Å². The van der Waals surface area contributed by atoms with Gasteiger partial charge in [0.1, 0.15) is 5.82 Å². The van der Waals surface area contributed by atoms with Crippen LogP contribution in [0, 0.1) is 5.41 Å². The van der Waals surface area contributed by atoms with Crippen LogP contribution in [0.2, 0.25) is 0 Å². The third-order valence-corrected chi connectivity index (χ3v) is 3.63. The Morgan fingerprint density at radius 3 is 2.42 bits per heavy atom. The van der Waals surface area contributed by atoms with E-state index in [2.05, 4.69) is 40.9 Å². The van der Waals surface area contributed by atoms with Crippen molar-refractivity contribution in [2.24, 2.45) is 5.41 Å². The van der Waals surface area contributed by atoms with E-state index < -0.39 is 0 Å². The molecule has 0 saturated carbocycles. The summed E-state index contributed by atoms with van der Waals surface area (Å²) >= 11 is 0. The van der Waals surface area contributed by atoms with E-state index in [9.17, 15) is 0 Å². The van der Waals surface area contributed by atoms with Gasteiger partial charge < -0.3 is 4.90 Å². The van der Waals surface area contributed by atoms with Crippen LogP contribution < -0.4 is 0 Å². The average Bonchev–Trinajstić information content (AvgIpc) is 2.60. The fourth-order valence-corrected chi connectivity index (χ4v) is 2.65. The minimum absolute atomic E-state index is 0.265. The van der Waals surface area contributed by atoms with E-state index in [4.69, 9.17) is 0 Å². The Balaban J connectivity index is 1.79. The van der Waals surface area contributed by atoms with E-state index in [1.54, 1.807) is 0 Å². The van der Waals surface area contributed by atoms with Crippen molar-refractivity contribution in [2.75, 3.05) is 19.6 Å². The molecular formula is C15H28N4. The molecule has 2 rings (SSSR count). The van der Waals surface area contributed by atoms with Crippen LogP contribution in [0.25, 0.3) is 0 Å². The SMILES string of the molecule is CC(C)(C)Cc1nc(CCN2CCCCCC2)n[nH]1. The minimum Gasteiger partial charge on any atom is -0.303 e. The van der Waals surface area contributed by atoms with Gasteiger partial charge in [-0.2, -0.15) is 5.10 Å². The number of hydrogen-bond acceptors (Lipinski definition) is 3. The molecule has 2 heterocycles. The lowest BCUT2D eigenvalue weighted by molar-refractivity contribution is 0.287. The fraction of sp³-hybridized carbons (Fsp3) is 0.867. The Kier molecular flexibility index (Phi) is 4.97. The largest absolute Gasteiger partial charge is 0.303 e. The lowest BCUT2D eigenvalue weighted by Crippen LogP contribution is -2.27. The second kappa shape index (κ2) is 6.51. The third-order valence-electron chi connectivity index (χ3n) is 3.63. The molecule has 0 spiro atoms. The summed E-state index contributed by atoms with van der Waals surface area (Å²) < 4.78 is 0. The van der Waals surface area contributed by atoms with Gasteiger partial charge in [-0.05, 0) is 31.3 Å². The zero-order valence-corrected chi connectivity index (χ0v) is 12.7. The predicted octanol–water partition coefficient (Wildman–Crippen LogP) is 2.81. The maximum absolute atomic E-state index is 4.61. The van der Waals surface area contributed by atoms with Gasteiger partial charge >= 0.3 is 0 Å². The number of nitrogens with zero attached hydrogens (tertiary/aromatic N) is 3. The molecule has 4 nitrogen and oxygen atoms in total. The lowest BCUT2D eigenvalue weighted by Gasteiger charge is -2.18. The highest BCUT2D eigenvalue weighted by molar-refractivity contribution is 4.94. The fourth-order valence-electron chi connectivity index (χ4n) is 2.65. The number of rotatable bonds is 4. The molecule has 0 unspecified atom stereocenters. The van der Waals surface area contributed by atoms with Gasteiger partial charge in [-0.3, -0.25) is 5.10 Å². The van der Waals surface area contributed by atoms with Crippen LogP contribution >= 0.6 is 0 Å². The van der Waals surface area contributed by atoms with Gasteiger partial charge in [0, 0.05) is 19.4 Å². The van der Waals surface area contributed by atoms with Crippen molar-refractivity contribution in [3.05, 3.63) is 11.6 Å². The first-order valence-corrected chi connectivity index (χ1v) is 7.65. The lowest BCUT2D eigenvalue weighted by atomic mass is 9.92. The molecule has 1 aliphatic rings. The van der Waals surface area contributed by atoms with Gasteiger partial charge in [0.15, 0.2) is 5.82 Å². The molecule has 4 heteroatoms. The molecule has 108 valence electrons. The zero-order valence-electron chi connectivity index (χ0n) is 12.7. The van der Waals surface area contributed by atoms with Crippen LogP contribution in [0.5, 0.6) is 0 Å². The van der Waals surface area contributed by atoms with Crippen molar-refractivity contribution < 1.29 is 0 Å². The van der Waals surface area contributed by atoms with Crippen LogP contribution in [0.15, 0.2) is 0 Å². The van der Waals surface area contributed by atoms with Crippen molar-refractivity contribution in [3.8, 4) is 0 Å². The normalized spacial score (nSPS) is 18.5. The molecular weight excluding hydrogens is 236 g/mol. The molecule has 0 atom stereocenters. The van der Waals surface area contributed by atoms with E-state index in [0.29, 0.717) is 0 Å². The number of aromatic amines is 1. The van der Waals surface area contributed by atoms with Gasteiger partial charge in [-0.25, -0.2) is 4.98 Å². The smallest absolute Gasteiger partial charge is 0.151 e. The summed E-state index contributed by atoms with van der Waals surface area (Å²) in [5.74, 6) is 2.00. The molecule has 0 bridgehead atoms. The first kappa shape index (κ1) is 14.5. The number of nitrogens with one attached hydrogen (secondary N) is 1. The zero-order chi connectivity index (χ0) is 13.7. The highest BCUT2D eigenvalue weighted by Crippen LogP contribution is 2.18. The number of likely N-dealkylation sites (tertiary alicyclic amines) is 1. The summed E-state index contributed by atoms with van der Waals surface area (Å²) in [7, 11) is 0. The van der Waals surface area contributed by atoms with E-state index in [0.717, 1.165) is 31.0 Å². The first-order valence-electron chi connectivity index (χ1n) is 7.65. The molecule has 0 amide bonds. The van der Waals surface area contributed by atoms with E-state index in [1.807, 2.05) is 0 Å². The highest BCUT2D eigenvalue weighted by Gasteiger charge is 2.15. The molecule has 1 saturated heterocycles. The topological polar surface area (TPSA) is 44.8 Å². The van der Waals surface area contributed by atoms with Gasteiger partial charge in [-0.15, -0.1) is 0 Å².